The number of nitrogens with one attached hydrogen (secondary N) is 1. The van der Waals surface area contributed by atoms with Gasteiger partial charge < -0.3 is 19.9 Å². The van der Waals surface area contributed by atoms with Crippen molar-refractivity contribution in [2.75, 3.05) is 6.61 Å². The van der Waals surface area contributed by atoms with E-state index in [0.29, 0.717) is 16.2 Å². The number of hydrogen-bond acceptors (Lipinski definition) is 7. The highest BCUT2D eigenvalue weighted by Gasteiger charge is 2.55. The number of fused-ring (bicyclic) bond motifs is 1. The quantitative estimate of drug-likeness (QED) is 0.303. The Hall–Kier alpha value is -3.39. The molecule has 0 unspecified atom stereocenters. The lowest BCUT2D eigenvalue weighted by Crippen LogP contribution is -2.70. The Labute approximate surface area is 208 Å². The predicted molar refractivity (Wildman–Crippen MR) is 135 cm³/mol. The molecule has 8 nitrogen and oxygen atoms in total. The zero-order valence-corrected chi connectivity index (χ0v) is 20.4. The number of β-lactam (4-membered cyclic amide) rings is 1. The van der Waals surface area contributed by atoms with Gasteiger partial charge in [-0.25, -0.2) is 4.79 Å². The number of hydrogen-bond donors (Lipinski definition) is 2. The second kappa shape index (κ2) is 10.9. The van der Waals surface area contributed by atoms with Crippen LogP contribution in [0.25, 0.3) is 0 Å². The monoisotopic (exact) mass is 510 g/mol. The van der Waals surface area contributed by atoms with E-state index in [-0.39, 0.29) is 31.2 Å². The van der Waals surface area contributed by atoms with Crippen molar-refractivity contribution in [1.82, 2.24) is 10.2 Å². The summed E-state index contributed by atoms with van der Waals surface area (Å²) < 4.78 is 10.8. The highest BCUT2D eigenvalue weighted by molar-refractivity contribution is 8.04. The number of thioether (sulfide) groups is 1. The number of benzene rings is 2. The van der Waals surface area contributed by atoms with Gasteiger partial charge in [0, 0.05) is 10.5 Å². The number of carbonyl (C=O) groups is 3. The zero-order chi connectivity index (χ0) is 24.9. The van der Waals surface area contributed by atoms with Crippen LogP contribution in [0.4, 0.5) is 0 Å². The molecule has 2 aliphatic rings. The number of aliphatic hydroxyl groups is 1. The summed E-state index contributed by atoms with van der Waals surface area (Å²) in [5.41, 5.74) is 2.01. The van der Waals surface area contributed by atoms with Crippen LogP contribution in [0.1, 0.15) is 11.1 Å². The minimum atomic E-state index is -0.795. The van der Waals surface area contributed by atoms with Gasteiger partial charge in [0.2, 0.25) is 5.91 Å². The Bertz CT molecular complexity index is 1200. The summed E-state index contributed by atoms with van der Waals surface area (Å²) in [5.74, 6) is 0.118. The Morgan fingerprint density at radius 1 is 1.14 bits per heavy atom. The van der Waals surface area contributed by atoms with Crippen LogP contribution in [-0.2, 0) is 32.1 Å². The standard InChI is InChI=1S/C25H23N2O6PS/c1-15-19(13-32-18-9-7-17(12-28)8-10-18)22(25(31)33-14-34)27-23(30)21(24(27)35-15)26-20(29)11-16-5-3-2-4-6-16/h2-10,14,21,24,28,34H,1,11-13H2,(H,26,29)/t21-,24-/m1/s1. The highest BCUT2D eigenvalue weighted by atomic mass is 32.2. The third-order valence-electron chi connectivity index (χ3n) is 5.54. The lowest BCUT2D eigenvalue weighted by atomic mass is 10.0. The molecule has 0 bridgehead atoms. The van der Waals surface area contributed by atoms with Crippen molar-refractivity contribution in [3.63, 3.8) is 0 Å². The molecule has 2 amide bonds. The molecule has 0 aromatic heterocycles. The summed E-state index contributed by atoms with van der Waals surface area (Å²) in [4.78, 5) is 40.2. The van der Waals surface area contributed by atoms with Crippen molar-refractivity contribution in [3.8, 4) is 5.75 Å². The van der Waals surface area contributed by atoms with Gasteiger partial charge in [0.15, 0.2) is 0 Å². The van der Waals surface area contributed by atoms with Gasteiger partial charge in [-0.3, -0.25) is 14.5 Å². The minimum Gasteiger partial charge on any atom is -0.489 e. The van der Waals surface area contributed by atoms with Crippen LogP contribution in [0.5, 0.6) is 5.75 Å². The molecule has 4 rings (SSSR count). The third kappa shape index (κ3) is 5.32. The first-order valence-corrected chi connectivity index (χ1v) is 12.2. The predicted octanol–water partition coefficient (Wildman–Crippen LogP) is 2.41. The third-order valence-corrected chi connectivity index (χ3v) is 6.92. The normalized spacial score (nSPS) is 18.9. The van der Waals surface area contributed by atoms with Crippen molar-refractivity contribution in [3.05, 3.63) is 88.5 Å². The van der Waals surface area contributed by atoms with E-state index >= 15 is 0 Å². The van der Waals surface area contributed by atoms with E-state index in [0.717, 1.165) is 17.1 Å². The number of rotatable bonds is 9. The minimum absolute atomic E-state index is 0.0267. The maximum atomic E-state index is 13.0. The number of carbonyl (C=O) groups excluding carboxylic acids is 3. The second-order valence-corrected chi connectivity index (χ2v) is 9.24. The second-order valence-electron chi connectivity index (χ2n) is 7.79. The summed E-state index contributed by atoms with van der Waals surface area (Å²) >= 11 is 1.28. The molecule has 0 aliphatic carbocycles. The fourth-order valence-corrected chi connectivity index (χ4v) is 5.11. The van der Waals surface area contributed by atoms with E-state index in [1.807, 2.05) is 30.3 Å². The average molecular weight is 511 g/mol. The number of nitrogens with zero attached hydrogens (tertiary/aromatic N) is 1. The first-order valence-electron chi connectivity index (χ1n) is 10.7. The van der Waals surface area contributed by atoms with E-state index in [1.165, 1.54) is 16.7 Å². The van der Waals surface area contributed by atoms with Gasteiger partial charge in [-0.1, -0.05) is 69.7 Å². The first-order chi connectivity index (χ1) is 16.9. The Balaban J connectivity index is 1.52. The lowest BCUT2D eigenvalue weighted by Gasteiger charge is -2.50. The summed E-state index contributed by atoms with van der Waals surface area (Å²) in [5, 5.41) is 11.4. The van der Waals surface area contributed by atoms with Crippen LogP contribution in [-0.4, -0.2) is 51.8 Å². The van der Waals surface area contributed by atoms with Crippen LogP contribution in [0.2, 0.25) is 0 Å². The van der Waals surface area contributed by atoms with Crippen LogP contribution in [0, 0.1) is 0 Å². The lowest BCUT2D eigenvalue weighted by molar-refractivity contribution is -0.150. The van der Waals surface area contributed by atoms with Gasteiger partial charge in [0.1, 0.15) is 35.5 Å². The average Bonchev–Trinajstić information content (AvgIpc) is 2.87. The van der Waals surface area contributed by atoms with Crippen LogP contribution in [0.3, 0.4) is 0 Å². The molecule has 2 aliphatic heterocycles. The van der Waals surface area contributed by atoms with Gasteiger partial charge in [0.25, 0.3) is 5.91 Å². The maximum Gasteiger partial charge on any atom is 0.360 e. The molecule has 2 heterocycles. The highest BCUT2D eigenvalue weighted by Crippen LogP contribution is 2.46. The van der Waals surface area contributed by atoms with Crippen molar-refractivity contribution in [2.24, 2.45) is 0 Å². The Kier molecular flexibility index (Phi) is 7.70. The molecule has 1 saturated heterocycles. The van der Waals surface area contributed by atoms with Gasteiger partial charge in [-0.2, -0.15) is 0 Å². The fraction of sp³-hybridized carbons (Fsp3) is 0.200. The molecule has 0 radical (unpaired) electrons. The van der Waals surface area contributed by atoms with Crippen LogP contribution in [0.15, 0.2) is 77.4 Å². The zero-order valence-electron chi connectivity index (χ0n) is 18.6. The topological polar surface area (TPSA) is 105 Å². The number of aliphatic hydroxyl groups excluding tert-OH is 1. The Morgan fingerprint density at radius 3 is 2.51 bits per heavy atom. The smallest absolute Gasteiger partial charge is 0.360 e. The van der Waals surface area contributed by atoms with E-state index in [2.05, 4.69) is 20.8 Å². The molecule has 180 valence electrons. The molecule has 2 N–H and O–H groups in total. The van der Waals surface area contributed by atoms with E-state index in [4.69, 9.17) is 9.47 Å². The molecule has 2 aromatic carbocycles. The van der Waals surface area contributed by atoms with Gasteiger partial charge >= 0.3 is 5.97 Å². The molecular formula is C25H23N2O6PS. The molecule has 1 fully saturated rings. The molecule has 2 aromatic rings. The summed E-state index contributed by atoms with van der Waals surface area (Å²) in [6.07, 6.45) is 0.139. The van der Waals surface area contributed by atoms with Crippen molar-refractivity contribution in [2.45, 2.75) is 24.4 Å². The van der Waals surface area contributed by atoms with Crippen LogP contribution >= 0.6 is 20.6 Å². The fourth-order valence-electron chi connectivity index (χ4n) is 3.78. The SMILES string of the molecule is C=C1S[C@@H]2[C@H](NC(=O)Cc3ccccc3)C(=O)N2C(C(=O)OC=P)=C1COc1ccc(CO)cc1. The molecular weight excluding hydrogens is 487 g/mol. The maximum absolute atomic E-state index is 13.0. The largest absolute Gasteiger partial charge is 0.489 e. The van der Waals surface area contributed by atoms with E-state index in [1.54, 1.807) is 24.3 Å². The van der Waals surface area contributed by atoms with Gasteiger partial charge in [-0.05, 0) is 23.3 Å². The summed E-state index contributed by atoms with van der Waals surface area (Å²) in [6, 6.07) is 15.3. The summed E-state index contributed by atoms with van der Waals surface area (Å²) in [7, 11) is 3.01. The van der Waals surface area contributed by atoms with E-state index in [9.17, 15) is 19.5 Å². The first kappa shape index (κ1) is 24.7. The number of ether oxygens (including phenoxy) is 2. The van der Waals surface area contributed by atoms with Crippen molar-refractivity contribution in [1.29, 1.82) is 0 Å². The molecule has 35 heavy (non-hydrogen) atoms. The number of esters is 1. The van der Waals surface area contributed by atoms with Crippen LogP contribution < -0.4 is 10.1 Å². The van der Waals surface area contributed by atoms with Gasteiger partial charge in [-0.15, -0.1) is 0 Å². The van der Waals surface area contributed by atoms with E-state index < -0.39 is 23.3 Å². The summed E-state index contributed by atoms with van der Waals surface area (Å²) in [6.45, 7) is 3.95. The Morgan fingerprint density at radius 2 is 1.86 bits per heavy atom. The molecule has 10 heteroatoms. The molecule has 2 atom stereocenters. The van der Waals surface area contributed by atoms with Crippen molar-refractivity contribution < 1.29 is 29.0 Å². The molecule has 0 saturated carbocycles. The van der Waals surface area contributed by atoms with Gasteiger partial charge in [0.05, 0.1) is 13.0 Å². The number of amides is 2. The van der Waals surface area contributed by atoms with Crippen molar-refractivity contribution >= 4 is 44.4 Å². The molecule has 0 spiro atoms.